The van der Waals surface area contributed by atoms with Crippen molar-refractivity contribution in [3.8, 4) is 11.8 Å². The number of hydrogen-bond acceptors (Lipinski definition) is 4. The number of aryl methyl sites for hydroxylation is 1. The van der Waals surface area contributed by atoms with E-state index in [9.17, 15) is 4.79 Å². The third kappa shape index (κ3) is 2.55. The van der Waals surface area contributed by atoms with Crippen molar-refractivity contribution < 1.29 is 9.53 Å². The van der Waals surface area contributed by atoms with Crippen LogP contribution in [0.15, 0.2) is 42.5 Å². The van der Waals surface area contributed by atoms with Crippen LogP contribution >= 0.6 is 0 Å². The second kappa shape index (κ2) is 5.93. The summed E-state index contributed by atoms with van der Waals surface area (Å²) in [4.78, 5) is 12.8. The molecule has 0 aliphatic carbocycles. The Hall–Kier alpha value is -3.13. The van der Waals surface area contributed by atoms with Crippen LogP contribution in [0.25, 0.3) is 10.9 Å². The van der Waals surface area contributed by atoms with Crippen molar-refractivity contribution in [2.75, 3.05) is 7.11 Å². The lowest BCUT2D eigenvalue weighted by Crippen LogP contribution is -2.04. The Balaban J connectivity index is 2.14. The molecular weight excluding hydrogens is 290 g/mol. The van der Waals surface area contributed by atoms with Crippen LogP contribution in [0.5, 0.6) is 5.75 Å². The second-order valence-electron chi connectivity index (χ2n) is 5.07. The Morgan fingerprint density at radius 1 is 1.26 bits per heavy atom. The number of nitrogens with zero attached hydrogens (tertiary/aromatic N) is 3. The highest BCUT2D eigenvalue weighted by Gasteiger charge is 2.19. The van der Waals surface area contributed by atoms with Gasteiger partial charge >= 0.3 is 0 Å². The number of nitriles is 1. The standard InChI is InChI=1S/C18H15N3O2/c1-3-21-16-9-4-12(11-19)10-15(16)17(20-21)18(22)13-5-7-14(23-2)8-6-13/h4-10H,3H2,1-2H3. The number of methoxy groups -OCH3 is 1. The maximum absolute atomic E-state index is 12.8. The molecule has 114 valence electrons. The topological polar surface area (TPSA) is 67.9 Å². The van der Waals surface area contributed by atoms with Gasteiger partial charge in [-0.2, -0.15) is 10.4 Å². The van der Waals surface area contributed by atoms with Crippen molar-refractivity contribution in [3.05, 3.63) is 59.3 Å². The fourth-order valence-corrected chi connectivity index (χ4v) is 2.54. The van der Waals surface area contributed by atoms with Crippen molar-refractivity contribution in [1.82, 2.24) is 9.78 Å². The van der Waals surface area contributed by atoms with E-state index in [2.05, 4.69) is 11.2 Å². The fourth-order valence-electron chi connectivity index (χ4n) is 2.54. The van der Waals surface area contributed by atoms with Crippen molar-refractivity contribution in [3.63, 3.8) is 0 Å². The first-order valence-corrected chi connectivity index (χ1v) is 7.27. The highest BCUT2D eigenvalue weighted by molar-refractivity contribution is 6.15. The number of aromatic nitrogens is 2. The van der Waals surface area contributed by atoms with Gasteiger partial charge < -0.3 is 4.74 Å². The quantitative estimate of drug-likeness (QED) is 0.694. The number of ether oxygens (including phenoxy) is 1. The Morgan fingerprint density at radius 2 is 2.00 bits per heavy atom. The maximum atomic E-state index is 12.8. The molecule has 0 atom stereocenters. The van der Waals surface area contributed by atoms with Crippen LogP contribution < -0.4 is 4.74 Å². The van der Waals surface area contributed by atoms with Gasteiger partial charge in [0.25, 0.3) is 0 Å². The van der Waals surface area contributed by atoms with Gasteiger partial charge in [0, 0.05) is 17.5 Å². The molecule has 0 unspecified atom stereocenters. The van der Waals surface area contributed by atoms with Gasteiger partial charge in [-0.1, -0.05) is 0 Å². The summed E-state index contributed by atoms with van der Waals surface area (Å²) in [6.45, 7) is 2.62. The Bertz CT molecular complexity index is 918. The number of carbonyl (C=O) groups excluding carboxylic acids is 1. The first-order valence-electron chi connectivity index (χ1n) is 7.27. The molecule has 5 heteroatoms. The molecule has 5 nitrogen and oxygen atoms in total. The second-order valence-corrected chi connectivity index (χ2v) is 5.07. The van der Waals surface area contributed by atoms with Crippen LogP contribution in [0.3, 0.4) is 0 Å². The predicted molar refractivity (Wildman–Crippen MR) is 86.5 cm³/mol. The summed E-state index contributed by atoms with van der Waals surface area (Å²) < 4.78 is 6.88. The lowest BCUT2D eigenvalue weighted by Gasteiger charge is -2.01. The lowest BCUT2D eigenvalue weighted by atomic mass is 10.0. The number of benzene rings is 2. The molecule has 0 fully saturated rings. The van der Waals surface area contributed by atoms with E-state index in [1.54, 1.807) is 48.2 Å². The fraction of sp³-hybridized carbons (Fsp3) is 0.167. The van der Waals surface area contributed by atoms with Crippen molar-refractivity contribution in [2.45, 2.75) is 13.5 Å². The maximum Gasteiger partial charge on any atom is 0.213 e. The molecule has 23 heavy (non-hydrogen) atoms. The highest BCUT2D eigenvalue weighted by atomic mass is 16.5. The van der Waals surface area contributed by atoms with Crippen molar-refractivity contribution in [2.24, 2.45) is 0 Å². The van der Waals surface area contributed by atoms with Gasteiger partial charge in [-0.3, -0.25) is 9.48 Å². The first-order chi connectivity index (χ1) is 11.2. The molecule has 3 rings (SSSR count). The molecule has 0 aliphatic rings. The highest BCUT2D eigenvalue weighted by Crippen LogP contribution is 2.23. The summed E-state index contributed by atoms with van der Waals surface area (Å²) in [6, 6.07) is 14.3. The number of hydrogen-bond donors (Lipinski definition) is 0. The molecule has 1 heterocycles. The Morgan fingerprint density at radius 3 is 2.61 bits per heavy atom. The Kier molecular flexibility index (Phi) is 3.82. The number of ketones is 1. The molecular formula is C18H15N3O2. The molecule has 2 aromatic carbocycles. The summed E-state index contributed by atoms with van der Waals surface area (Å²) in [7, 11) is 1.58. The summed E-state index contributed by atoms with van der Waals surface area (Å²) in [5.41, 5.74) is 2.26. The summed E-state index contributed by atoms with van der Waals surface area (Å²) in [5.74, 6) is 0.525. The van der Waals surface area contributed by atoms with Crippen molar-refractivity contribution >= 4 is 16.7 Å². The van der Waals surface area contributed by atoms with Crippen LogP contribution in [0.2, 0.25) is 0 Å². The Labute approximate surface area is 133 Å². The minimum atomic E-state index is -0.167. The van der Waals surface area contributed by atoms with Gasteiger partial charge in [0.15, 0.2) is 0 Å². The molecule has 0 saturated heterocycles. The van der Waals surface area contributed by atoms with Gasteiger partial charge in [0.05, 0.1) is 24.3 Å². The molecule has 0 spiro atoms. The lowest BCUT2D eigenvalue weighted by molar-refractivity contribution is 0.103. The summed E-state index contributed by atoms with van der Waals surface area (Å²) >= 11 is 0. The van der Waals surface area contributed by atoms with Gasteiger partial charge in [-0.25, -0.2) is 0 Å². The van der Waals surface area contributed by atoms with E-state index in [0.717, 1.165) is 5.52 Å². The minimum Gasteiger partial charge on any atom is -0.497 e. The van der Waals surface area contributed by atoms with E-state index in [4.69, 9.17) is 10.00 Å². The van der Waals surface area contributed by atoms with E-state index in [1.807, 2.05) is 13.0 Å². The normalized spacial score (nSPS) is 10.5. The van der Waals surface area contributed by atoms with Crippen LogP contribution in [0.4, 0.5) is 0 Å². The largest absolute Gasteiger partial charge is 0.497 e. The number of rotatable bonds is 4. The van der Waals surface area contributed by atoms with Crippen LogP contribution in [-0.2, 0) is 6.54 Å². The summed E-state index contributed by atoms with van der Waals surface area (Å²) in [6.07, 6.45) is 0. The van der Waals surface area contributed by atoms with Crippen LogP contribution in [0.1, 0.15) is 28.5 Å². The van der Waals surface area contributed by atoms with Crippen LogP contribution in [0, 0.1) is 11.3 Å². The zero-order valence-corrected chi connectivity index (χ0v) is 12.9. The van der Waals surface area contributed by atoms with E-state index in [0.29, 0.717) is 34.5 Å². The minimum absolute atomic E-state index is 0.167. The van der Waals surface area contributed by atoms with E-state index < -0.39 is 0 Å². The molecule has 0 radical (unpaired) electrons. The molecule has 3 aromatic rings. The monoisotopic (exact) mass is 305 g/mol. The van der Waals surface area contributed by atoms with E-state index in [1.165, 1.54) is 0 Å². The molecule has 0 N–H and O–H groups in total. The first kappa shape index (κ1) is 14.8. The van der Waals surface area contributed by atoms with Gasteiger partial charge in [0.1, 0.15) is 11.4 Å². The van der Waals surface area contributed by atoms with Crippen LogP contribution in [-0.4, -0.2) is 22.7 Å². The zero-order chi connectivity index (χ0) is 16.4. The third-order valence-corrected chi connectivity index (χ3v) is 3.75. The number of carbonyl (C=O) groups is 1. The third-order valence-electron chi connectivity index (χ3n) is 3.75. The molecule has 0 saturated carbocycles. The van der Waals surface area contributed by atoms with Gasteiger partial charge in [-0.15, -0.1) is 0 Å². The van der Waals surface area contributed by atoms with Crippen molar-refractivity contribution in [1.29, 1.82) is 5.26 Å². The molecule has 0 bridgehead atoms. The molecule has 0 amide bonds. The average Bonchev–Trinajstić information content (AvgIpc) is 2.99. The van der Waals surface area contributed by atoms with Gasteiger partial charge in [-0.05, 0) is 49.4 Å². The molecule has 1 aromatic heterocycles. The van der Waals surface area contributed by atoms with E-state index >= 15 is 0 Å². The predicted octanol–water partition coefficient (Wildman–Crippen LogP) is 3.17. The number of fused-ring (bicyclic) bond motifs is 1. The average molecular weight is 305 g/mol. The van der Waals surface area contributed by atoms with E-state index in [-0.39, 0.29) is 5.78 Å². The smallest absolute Gasteiger partial charge is 0.213 e. The summed E-state index contributed by atoms with van der Waals surface area (Å²) in [5, 5.41) is 14.2. The zero-order valence-electron chi connectivity index (χ0n) is 12.9. The molecule has 0 aliphatic heterocycles. The van der Waals surface area contributed by atoms with Gasteiger partial charge in [0.2, 0.25) is 5.78 Å². The SMILES string of the molecule is CCn1nc(C(=O)c2ccc(OC)cc2)c2cc(C#N)ccc21.